The van der Waals surface area contributed by atoms with Gasteiger partial charge in [-0.25, -0.2) is 0 Å². The first kappa shape index (κ1) is 22.8. The lowest BCUT2D eigenvalue weighted by Crippen LogP contribution is -2.53. The molecule has 0 heterocycles. The van der Waals surface area contributed by atoms with Crippen LogP contribution in [0, 0.1) is 52.3 Å². The van der Waals surface area contributed by atoms with Gasteiger partial charge in [0.25, 0.3) is 0 Å². The van der Waals surface area contributed by atoms with E-state index in [1.54, 1.807) is 0 Å². The Labute approximate surface area is 185 Å². The summed E-state index contributed by atoms with van der Waals surface area (Å²) in [4.78, 5) is 0. The van der Waals surface area contributed by atoms with Crippen molar-refractivity contribution in [2.45, 2.75) is 112 Å². The van der Waals surface area contributed by atoms with E-state index in [4.69, 9.17) is 0 Å². The van der Waals surface area contributed by atoms with Crippen molar-refractivity contribution in [1.82, 2.24) is 0 Å². The van der Waals surface area contributed by atoms with Crippen LogP contribution in [0.25, 0.3) is 0 Å². The zero-order chi connectivity index (χ0) is 21.8. The van der Waals surface area contributed by atoms with Crippen LogP contribution in [0.15, 0.2) is 11.6 Å². The highest BCUT2D eigenvalue weighted by atomic mass is 16.3. The first-order valence-corrected chi connectivity index (χ1v) is 13.2. The molecule has 0 aromatic heterocycles. The summed E-state index contributed by atoms with van der Waals surface area (Å²) in [6.45, 7) is 14.8. The van der Waals surface area contributed by atoms with Gasteiger partial charge in [-0.1, -0.05) is 60.5 Å². The molecule has 4 aliphatic rings. The fraction of sp³-hybridized carbons (Fsp3) is 0.929. The van der Waals surface area contributed by atoms with E-state index >= 15 is 0 Å². The zero-order valence-electron chi connectivity index (χ0n) is 20.5. The van der Waals surface area contributed by atoms with Gasteiger partial charge in [0.05, 0.1) is 6.10 Å². The van der Waals surface area contributed by atoms with Gasteiger partial charge >= 0.3 is 0 Å². The van der Waals surface area contributed by atoms with Crippen LogP contribution in [-0.2, 0) is 0 Å². The smallest absolute Gasteiger partial charge is 0.101 e. The Hall–Kier alpha value is -0.340. The molecule has 3 fully saturated rings. The predicted octanol–water partition coefficient (Wildman–Crippen LogP) is 6.61. The molecule has 0 bridgehead atoms. The van der Waals surface area contributed by atoms with Crippen LogP contribution in [0.3, 0.4) is 0 Å². The summed E-state index contributed by atoms with van der Waals surface area (Å²) < 4.78 is 0. The van der Waals surface area contributed by atoms with E-state index in [2.05, 4.69) is 47.6 Å². The fourth-order valence-electron chi connectivity index (χ4n) is 8.75. The number of fused-ring (bicyclic) bond motifs is 5. The highest BCUT2D eigenvalue weighted by Crippen LogP contribution is 2.67. The Balaban J connectivity index is 1.51. The Morgan fingerprint density at radius 3 is 2.37 bits per heavy atom. The molecule has 4 rings (SSSR count). The molecule has 4 aliphatic carbocycles. The van der Waals surface area contributed by atoms with Gasteiger partial charge in [-0.15, -0.1) is 0 Å². The van der Waals surface area contributed by atoms with Crippen molar-refractivity contribution in [3.05, 3.63) is 11.6 Å². The van der Waals surface area contributed by atoms with E-state index < -0.39 is 12.2 Å². The lowest BCUT2D eigenvalue weighted by molar-refractivity contribution is -0.0802. The molecule has 30 heavy (non-hydrogen) atoms. The number of aliphatic hydroxyl groups excluding tert-OH is 2. The second-order valence-corrected chi connectivity index (χ2v) is 12.7. The molecular weight excluding hydrogens is 368 g/mol. The number of rotatable bonds is 5. The molecule has 0 unspecified atom stereocenters. The van der Waals surface area contributed by atoms with Gasteiger partial charge in [0.15, 0.2) is 0 Å². The highest BCUT2D eigenvalue weighted by Gasteiger charge is 2.60. The molecule has 10 atom stereocenters. The van der Waals surface area contributed by atoms with E-state index in [-0.39, 0.29) is 5.41 Å². The van der Waals surface area contributed by atoms with Crippen molar-refractivity contribution in [2.24, 2.45) is 52.3 Å². The Morgan fingerprint density at radius 1 is 0.933 bits per heavy atom. The Kier molecular flexibility index (Phi) is 6.26. The van der Waals surface area contributed by atoms with E-state index in [0.29, 0.717) is 11.3 Å². The predicted molar refractivity (Wildman–Crippen MR) is 125 cm³/mol. The summed E-state index contributed by atoms with van der Waals surface area (Å²) in [6.07, 6.45) is 12.4. The third-order valence-corrected chi connectivity index (χ3v) is 11.1. The highest BCUT2D eigenvalue weighted by molar-refractivity contribution is 5.29. The van der Waals surface area contributed by atoms with Crippen LogP contribution in [0.1, 0.15) is 99.3 Å². The first-order chi connectivity index (χ1) is 14.1. The Morgan fingerprint density at radius 2 is 1.67 bits per heavy atom. The molecule has 0 aromatic carbocycles. The molecule has 0 aromatic rings. The third kappa shape index (κ3) is 3.53. The largest absolute Gasteiger partial charge is 0.390 e. The van der Waals surface area contributed by atoms with Gasteiger partial charge in [0.1, 0.15) is 6.10 Å². The van der Waals surface area contributed by atoms with Gasteiger partial charge < -0.3 is 10.2 Å². The van der Waals surface area contributed by atoms with E-state index in [9.17, 15) is 10.2 Å². The van der Waals surface area contributed by atoms with E-state index in [0.717, 1.165) is 54.8 Å². The molecule has 2 N–H and O–H groups in total. The van der Waals surface area contributed by atoms with Gasteiger partial charge in [-0.2, -0.15) is 0 Å². The molecule has 172 valence electrons. The maximum atomic E-state index is 10.7. The minimum atomic E-state index is -0.627. The third-order valence-electron chi connectivity index (χ3n) is 11.1. The normalized spacial score (nSPS) is 47.8. The van der Waals surface area contributed by atoms with Crippen molar-refractivity contribution in [3.8, 4) is 0 Å². The SMILES string of the molecule is CC(C)[C@@H](C)CC[C@@H](C)[C@H]1CC[C@H]2[C@@H]3CC=C4[C@H](O)[C@@H](O)CC[C@]4(C)[C@H]3CC[C@]12C. The molecule has 2 nitrogen and oxygen atoms in total. The maximum Gasteiger partial charge on any atom is 0.101 e. The topological polar surface area (TPSA) is 40.5 Å². The Bertz CT molecular complexity index is 653. The molecule has 0 spiro atoms. The second kappa shape index (κ2) is 8.22. The quantitative estimate of drug-likeness (QED) is 0.495. The summed E-state index contributed by atoms with van der Waals surface area (Å²) in [5.74, 6) is 5.70. The van der Waals surface area contributed by atoms with Gasteiger partial charge in [0, 0.05) is 0 Å². The van der Waals surface area contributed by atoms with Crippen LogP contribution in [0.4, 0.5) is 0 Å². The minimum absolute atomic E-state index is 0.110. The summed E-state index contributed by atoms with van der Waals surface area (Å²) in [7, 11) is 0. The number of hydrogen-bond donors (Lipinski definition) is 2. The second-order valence-electron chi connectivity index (χ2n) is 12.7. The average molecular weight is 417 g/mol. The number of allylic oxidation sites excluding steroid dienone is 1. The van der Waals surface area contributed by atoms with E-state index in [1.807, 2.05) is 0 Å². The molecule has 0 saturated heterocycles. The van der Waals surface area contributed by atoms with Gasteiger partial charge in [-0.05, 0) is 103 Å². The summed E-state index contributed by atoms with van der Waals surface area (Å²) in [5.41, 5.74) is 1.80. The maximum absolute atomic E-state index is 10.7. The molecular formula is C28H48O2. The average Bonchev–Trinajstić information content (AvgIpc) is 3.06. The van der Waals surface area contributed by atoms with Crippen LogP contribution in [-0.4, -0.2) is 22.4 Å². The summed E-state index contributed by atoms with van der Waals surface area (Å²) in [5, 5.41) is 21.0. The van der Waals surface area contributed by atoms with Gasteiger partial charge in [-0.3, -0.25) is 0 Å². The van der Waals surface area contributed by atoms with Crippen molar-refractivity contribution in [3.63, 3.8) is 0 Å². The van der Waals surface area contributed by atoms with Crippen molar-refractivity contribution >= 4 is 0 Å². The standard InChI is InChI=1S/C28H48O2/c1-17(2)18(3)7-8-19(4)21-11-12-22-20-9-10-24-26(30)25(29)14-16-28(24,6)23(20)13-15-27(21,22)5/h10,17-23,25-26,29-30H,7-9,11-16H2,1-6H3/t18-,19+,20-,21+,22-,23-,25-,26-,27+,28+/m0/s1. The van der Waals surface area contributed by atoms with Gasteiger partial charge in [0.2, 0.25) is 0 Å². The van der Waals surface area contributed by atoms with Crippen LogP contribution < -0.4 is 0 Å². The lowest BCUT2D eigenvalue weighted by Gasteiger charge is -2.59. The zero-order valence-corrected chi connectivity index (χ0v) is 20.5. The van der Waals surface area contributed by atoms with Crippen molar-refractivity contribution < 1.29 is 10.2 Å². The van der Waals surface area contributed by atoms with E-state index in [1.165, 1.54) is 44.1 Å². The minimum Gasteiger partial charge on any atom is -0.390 e. The van der Waals surface area contributed by atoms with Crippen LogP contribution >= 0.6 is 0 Å². The van der Waals surface area contributed by atoms with Crippen molar-refractivity contribution in [2.75, 3.05) is 0 Å². The number of aliphatic hydroxyl groups is 2. The summed E-state index contributed by atoms with van der Waals surface area (Å²) in [6, 6.07) is 0. The molecule has 0 amide bonds. The lowest BCUT2D eigenvalue weighted by atomic mass is 9.46. The molecule has 0 radical (unpaired) electrons. The van der Waals surface area contributed by atoms with Crippen LogP contribution in [0.2, 0.25) is 0 Å². The monoisotopic (exact) mass is 416 g/mol. The molecule has 3 saturated carbocycles. The first-order valence-electron chi connectivity index (χ1n) is 13.2. The fourth-order valence-corrected chi connectivity index (χ4v) is 8.75. The van der Waals surface area contributed by atoms with Crippen molar-refractivity contribution in [1.29, 1.82) is 0 Å². The number of hydrogen-bond acceptors (Lipinski definition) is 2. The van der Waals surface area contributed by atoms with Crippen LogP contribution in [0.5, 0.6) is 0 Å². The molecule has 2 heteroatoms. The molecule has 0 aliphatic heterocycles. The summed E-state index contributed by atoms with van der Waals surface area (Å²) >= 11 is 0.